The van der Waals surface area contributed by atoms with Gasteiger partial charge in [-0.1, -0.05) is 11.6 Å². The largest absolute Gasteiger partial charge is 0.481 e. The van der Waals surface area contributed by atoms with Gasteiger partial charge < -0.3 is 5.11 Å². The van der Waals surface area contributed by atoms with E-state index < -0.39 is 5.97 Å². The lowest BCUT2D eigenvalue weighted by Crippen LogP contribution is -2.02. The SMILES string of the molecule is O=C(O)CCc1cc(Cl)ccc1-n1cnnc1. The Morgan fingerprint density at radius 3 is 2.71 bits per heavy atom. The van der Waals surface area contributed by atoms with Crippen molar-refractivity contribution in [2.75, 3.05) is 0 Å². The highest BCUT2D eigenvalue weighted by molar-refractivity contribution is 6.30. The number of carboxylic acids is 1. The number of benzene rings is 1. The normalized spacial score (nSPS) is 10.4. The fraction of sp³-hybridized carbons (Fsp3) is 0.182. The third kappa shape index (κ3) is 2.82. The summed E-state index contributed by atoms with van der Waals surface area (Å²) in [5.74, 6) is -0.834. The van der Waals surface area contributed by atoms with Crippen LogP contribution in [0.3, 0.4) is 0 Å². The predicted molar refractivity (Wildman–Crippen MR) is 62.3 cm³/mol. The molecule has 2 rings (SSSR count). The van der Waals surface area contributed by atoms with Crippen LogP contribution in [0, 0.1) is 0 Å². The summed E-state index contributed by atoms with van der Waals surface area (Å²) in [5.41, 5.74) is 1.71. The molecule has 0 aliphatic carbocycles. The van der Waals surface area contributed by atoms with Gasteiger partial charge in [-0.05, 0) is 30.2 Å². The second kappa shape index (κ2) is 4.97. The van der Waals surface area contributed by atoms with Crippen molar-refractivity contribution >= 4 is 17.6 Å². The van der Waals surface area contributed by atoms with Crippen LogP contribution in [-0.4, -0.2) is 25.8 Å². The summed E-state index contributed by atoms with van der Waals surface area (Å²) in [7, 11) is 0. The van der Waals surface area contributed by atoms with Gasteiger partial charge in [-0.2, -0.15) is 0 Å². The minimum atomic E-state index is -0.834. The van der Waals surface area contributed by atoms with E-state index in [1.807, 2.05) is 6.07 Å². The first-order valence-electron chi connectivity index (χ1n) is 5.02. The van der Waals surface area contributed by atoms with Crippen LogP contribution in [0.4, 0.5) is 0 Å². The lowest BCUT2D eigenvalue weighted by molar-refractivity contribution is -0.136. The number of rotatable bonds is 4. The van der Waals surface area contributed by atoms with Gasteiger partial charge in [0, 0.05) is 11.4 Å². The van der Waals surface area contributed by atoms with Crippen LogP contribution < -0.4 is 0 Å². The highest BCUT2D eigenvalue weighted by Gasteiger charge is 2.07. The van der Waals surface area contributed by atoms with Gasteiger partial charge in [0.05, 0.1) is 5.69 Å². The van der Waals surface area contributed by atoms with Gasteiger partial charge in [-0.15, -0.1) is 10.2 Å². The highest BCUT2D eigenvalue weighted by Crippen LogP contribution is 2.20. The molecular formula is C11H10ClN3O2. The molecule has 1 heterocycles. The summed E-state index contributed by atoms with van der Waals surface area (Å²) >= 11 is 5.91. The smallest absolute Gasteiger partial charge is 0.303 e. The Morgan fingerprint density at radius 1 is 1.35 bits per heavy atom. The molecule has 0 saturated heterocycles. The van der Waals surface area contributed by atoms with E-state index in [0.717, 1.165) is 11.3 Å². The molecule has 17 heavy (non-hydrogen) atoms. The molecule has 2 aromatic rings. The van der Waals surface area contributed by atoms with Crippen molar-refractivity contribution in [2.45, 2.75) is 12.8 Å². The van der Waals surface area contributed by atoms with Crippen LogP contribution in [-0.2, 0) is 11.2 Å². The van der Waals surface area contributed by atoms with Crippen molar-refractivity contribution < 1.29 is 9.90 Å². The maximum atomic E-state index is 10.6. The van der Waals surface area contributed by atoms with E-state index in [1.54, 1.807) is 29.4 Å². The molecule has 5 nitrogen and oxygen atoms in total. The fourth-order valence-corrected chi connectivity index (χ4v) is 1.77. The Balaban J connectivity index is 2.34. The Kier molecular flexibility index (Phi) is 3.39. The van der Waals surface area contributed by atoms with Crippen LogP contribution in [0.1, 0.15) is 12.0 Å². The average Bonchev–Trinajstić information content (AvgIpc) is 2.80. The molecule has 0 radical (unpaired) electrons. The molecule has 0 fully saturated rings. The first kappa shape index (κ1) is 11.6. The van der Waals surface area contributed by atoms with Crippen molar-refractivity contribution in [3.8, 4) is 5.69 Å². The molecule has 88 valence electrons. The Labute approximate surface area is 103 Å². The highest BCUT2D eigenvalue weighted by atomic mass is 35.5. The fourth-order valence-electron chi connectivity index (χ4n) is 1.57. The van der Waals surface area contributed by atoms with Crippen LogP contribution >= 0.6 is 11.6 Å². The summed E-state index contributed by atoms with van der Waals surface area (Å²) in [6.07, 6.45) is 3.61. The molecule has 1 aromatic heterocycles. The van der Waals surface area contributed by atoms with Crippen molar-refractivity contribution in [1.29, 1.82) is 0 Å². The molecule has 0 amide bonds. The van der Waals surface area contributed by atoms with Gasteiger partial charge in [0.2, 0.25) is 0 Å². The number of aromatic nitrogens is 3. The van der Waals surface area contributed by atoms with Crippen LogP contribution in [0.5, 0.6) is 0 Å². The Bertz CT molecular complexity index is 526. The zero-order valence-electron chi connectivity index (χ0n) is 8.88. The first-order chi connectivity index (χ1) is 8.16. The molecule has 0 spiro atoms. The summed E-state index contributed by atoms with van der Waals surface area (Å²) in [5, 5.41) is 16.7. The monoisotopic (exact) mass is 251 g/mol. The predicted octanol–water partition coefficient (Wildman–Crippen LogP) is 1.94. The minimum absolute atomic E-state index is 0.0649. The number of hydrogen-bond donors (Lipinski definition) is 1. The lowest BCUT2D eigenvalue weighted by atomic mass is 10.1. The van der Waals surface area contributed by atoms with Gasteiger partial charge in [-0.3, -0.25) is 9.36 Å². The molecule has 0 unspecified atom stereocenters. The van der Waals surface area contributed by atoms with Crippen molar-refractivity contribution in [3.05, 3.63) is 41.4 Å². The zero-order valence-corrected chi connectivity index (χ0v) is 9.63. The molecule has 6 heteroatoms. The number of aryl methyl sites for hydroxylation is 1. The van der Waals surface area contributed by atoms with E-state index in [9.17, 15) is 4.79 Å². The van der Waals surface area contributed by atoms with Crippen molar-refractivity contribution in [1.82, 2.24) is 14.8 Å². The summed E-state index contributed by atoms with van der Waals surface area (Å²) in [6.45, 7) is 0. The third-order valence-corrected chi connectivity index (χ3v) is 2.58. The molecule has 1 aromatic carbocycles. The number of aliphatic carboxylic acids is 1. The summed E-state index contributed by atoms with van der Waals surface area (Å²) < 4.78 is 1.73. The second-order valence-electron chi connectivity index (χ2n) is 3.54. The molecule has 0 saturated carbocycles. The van der Waals surface area contributed by atoms with Gasteiger partial charge in [0.15, 0.2) is 0 Å². The van der Waals surface area contributed by atoms with Crippen LogP contribution in [0.2, 0.25) is 5.02 Å². The van der Waals surface area contributed by atoms with E-state index in [4.69, 9.17) is 16.7 Å². The van der Waals surface area contributed by atoms with E-state index in [0.29, 0.717) is 11.4 Å². The van der Waals surface area contributed by atoms with E-state index in [2.05, 4.69) is 10.2 Å². The maximum Gasteiger partial charge on any atom is 0.303 e. The minimum Gasteiger partial charge on any atom is -0.481 e. The number of halogens is 1. The van der Waals surface area contributed by atoms with E-state index >= 15 is 0 Å². The molecule has 0 aliphatic rings. The van der Waals surface area contributed by atoms with Gasteiger partial charge >= 0.3 is 5.97 Å². The molecule has 0 atom stereocenters. The summed E-state index contributed by atoms with van der Waals surface area (Å²) in [4.78, 5) is 10.6. The van der Waals surface area contributed by atoms with Gasteiger partial charge in [0.1, 0.15) is 12.7 Å². The first-order valence-corrected chi connectivity index (χ1v) is 5.40. The molecular weight excluding hydrogens is 242 g/mol. The second-order valence-corrected chi connectivity index (χ2v) is 3.97. The average molecular weight is 252 g/mol. The quantitative estimate of drug-likeness (QED) is 0.902. The van der Waals surface area contributed by atoms with Crippen molar-refractivity contribution in [2.24, 2.45) is 0 Å². The van der Waals surface area contributed by atoms with Gasteiger partial charge in [-0.25, -0.2) is 0 Å². The van der Waals surface area contributed by atoms with Crippen molar-refractivity contribution in [3.63, 3.8) is 0 Å². The Morgan fingerprint density at radius 2 is 2.06 bits per heavy atom. The third-order valence-electron chi connectivity index (χ3n) is 2.35. The topological polar surface area (TPSA) is 68.0 Å². The number of nitrogens with zero attached hydrogens (tertiary/aromatic N) is 3. The Hall–Kier alpha value is -1.88. The maximum absolute atomic E-state index is 10.6. The molecule has 1 N–H and O–H groups in total. The number of hydrogen-bond acceptors (Lipinski definition) is 3. The molecule has 0 aliphatic heterocycles. The molecule has 0 bridgehead atoms. The number of carbonyl (C=O) groups is 1. The standard InChI is InChI=1S/C11H10ClN3O2/c12-9-2-3-10(15-6-13-14-7-15)8(5-9)1-4-11(16)17/h2-3,5-7H,1,4H2,(H,16,17). The lowest BCUT2D eigenvalue weighted by Gasteiger charge is -2.09. The number of carboxylic acid groups (broad SMARTS) is 1. The summed E-state index contributed by atoms with van der Waals surface area (Å²) in [6, 6.07) is 5.34. The van der Waals surface area contributed by atoms with Crippen LogP contribution in [0.25, 0.3) is 5.69 Å². The van der Waals surface area contributed by atoms with E-state index in [1.165, 1.54) is 0 Å². The zero-order chi connectivity index (χ0) is 12.3. The van der Waals surface area contributed by atoms with Crippen LogP contribution in [0.15, 0.2) is 30.9 Å². The van der Waals surface area contributed by atoms with E-state index in [-0.39, 0.29) is 6.42 Å². The van der Waals surface area contributed by atoms with Gasteiger partial charge in [0.25, 0.3) is 0 Å².